The molecule has 0 amide bonds. The monoisotopic (exact) mass is 360 g/mol. The van der Waals surface area contributed by atoms with Gasteiger partial charge in [0.15, 0.2) is 0 Å². The highest BCUT2D eigenvalue weighted by atomic mass is 19.1. The molecule has 0 aliphatic carbocycles. The van der Waals surface area contributed by atoms with Gasteiger partial charge in [-0.25, -0.2) is 14.4 Å². The highest BCUT2D eigenvalue weighted by molar-refractivity contribution is 5.88. The minimum Gasteiger partial charge on any atom is -0.248 e. The molecule has 0 fully saturated rings. The van der Waals surface area contributed by atoms with Gasteiger partial charge in [0.05, 0.1) is 6.17 Å². The van der Waals surface area contributed by atoms with Crippen LogP contribution in [0.4, 0.5) is 4.39 Å². The fourth-order valence-corrected chi connectivity index (χ4v) is 3.02. The summed E-state index contributed by atoms with van der Waals surface area (Å²) in [6.07, 6.45) is 12.2. The van der Waals surface area contributed by atoms with Crippen molar-refractivity contribution in [2.24, 2.45) is 0 Å². The summed E-state index contributed by atoms with van der Waals surface area (Å²) in [5.74, 6) is 0.784. The maximum absolute atomic E-state index is 12.8. The van der Waals surface area contributed by atoms with Crippen molar-refractivity contribution in [3.05, 3.63) is 78.9 Å². The third-order valence-electron chi connectivity index (χ3n) is 4.51. The molecule has 0 bridgehead atoms. The number of hydrogen-bond acceptors (Lipinski definition) is 2. The van der Waals surface area contributed by atoms with E-state index in [1.807, 2.05) is 12.4 Å². The largest absolute Gasteiger partial charge is 0.248 e. The number of fused-ring (bicyclic) bond motifs is 1. The second-order valence-corrected chi connectivity index (χ2v) is 6.82. The van der Waals surface area contributed by atoms with Crippen LogP contribution in [0.2, 0.25) is 0 Å². The molecular formula is C24H25FN2. The zero-order valence-electron chi connectivity index (χ0n) is 15.7. The van der Waals surface area contributed by atoms with Gasteiger partial charge in [-0.15, -0.1) is 6.58 Å². The number of aromatic nitrogens is 2. The number of benzene rings is 2. The van der Waals surface area contributed by atoms with Gasteiger partial charge < -0.3 is 0 Å². The minimum absolute atomic E-state index is 0.628. The fraction of sp³-hybridized carbons (Fsp3) is 0.250. The lowest BCUT2D eigenvalue weighted by atomic mass is 10.0. The molecule has 1 aromatic heterocycles. The van der Waals surface area contributed by atoms with Gasteiger partial charge in [0.25, 0.3) is 0 Å². The maximum Gasteiger partial charge on any atom is 0.131 e. The topological polar surface area (TPSA) is 25.8 Å². The SMILES string of the molecule is C=CCc1ncc(-c2ccc3cc(/C=C/CCCC(C)F)ccc3c2)cn1. The molecule has 3 heteroatoms. The third kappa shape index (κ3) is 5.33. The predicted octanol–water partition coefficient (Wildman–Crippen LogP) is 6.57. The van der Waals surface area contributed by atoms with Crippen LogP contribution in [0.15, 0.2) is 67.5 Å². The van der Waals surface area contributed by atoms with Crippen LogP contribution in [0.5, 0.6) is 0 Å². The van der Waals surface area contributed by atoms with Crippen LogP contribution in [-0.4, -0.2) is 16.1 Å². The van der Waals surface area contributed by atoms with Crippen molar-refractivity contribution in [3.8, 4) is 11.1 Å². The summed E-state index contributed by atoms with van der Waals surface area (Å²) >= 11 is 0. The van der Waals surface area contributed by atoms with E-state index in [4.69, 9.17) is 0 Å². The van der Waals surface area contributed by atoms with E-state index in [1.165, 1.54) is 16.3 Å². The number of alkyl halides is 1. The van der Waals surface area contributed by atoms with Crippen molar-refractivity contribution in [1.82, 2.24) is 9.97 Å². The van der Waals surface area contributed by atoms with E-state index in [1.54, 1.807) is 13.0 Å². The fourth-order valence-electron chi connectivity index (χ4n) is 3.02. The summed E-state index contributed by atoms with van der Waals surface area (Å²) in [4.78, 5) is 8.77. The average molecular weight is 360 g/mol. The Bertz CT molecular complexity index is 927. The van der Waals surface area contributed by atoms with Crippen molar-refractivity contribution in [3.63, 3.8) is 0 Å². The molecule has 27 heavy (non-hydrogen) atoms. The van der Waals surface area contributed by atoms with Crippen LogP contribution in [0, 0.1) is 0 Å². The molecule has 1 unspecified atom stereocenters. The summed E-state index contributed by atoms with van der Waals surface area (Å²) in [6.45, 7) is 5.33. The standard InChI is InChI=1S/C24H25FN2/c1-3-7-24-26-16-23(17-27-24)22-13-12-20-14-19(10-11-21(20)15-22)9-6-4-5-8-18(2)25/h3,6,9-18H,1,4-5,7-8H2,2H3/b9-6+. The molecule has 3 aromatic rings. The number of hydrogen-bond donors (Lipinski definition) is 0. The summed E-state index contributed by atoms with van der Waals surface area (Å²) in [5, 5.41) is 2.38. The van der Waals surface area contributed by atoms with E-state index >= 15 is 0 Å². The van der Waals surface area contributed by atoms with Gasteiger partial charge in [-0.3, -0.25) is 0 Å². The van der Waals surface area contributed by atoms with Gasteiger partial charge >= 0.3 is 0 Å². The van der Waals surface area contributed by atoms with E-state index in [0.717, 1.165) is 29.8 Å². The highest BCUT2D eigenvalue weighted by Crippen LogP contribution is 2.25. The number of unbranched alkanes of at least 4 members (excludes halogenated alkanes) is 1. The van der Waals surface area contributed by atoms with Crippen molar-refractivity contribution in [1.29, 1.82) is 0 Å². The molecule has 0 spiro atoms. The number of allylic oxidation sites excluding steroid dienone is 2. The molecule has 138 valence electrons. The molecule has 0 saturated carbocycles. The molecule has 1 heterocycles. The molecule has 0 radical (unpaired) electrons. The van der Waals surface area contributed by atoms with Crippen LogP contribution in [0.25, 0.3) is 28.0 Å². The summed E-state index contributed by atoms with van der Waals surface area (Å²) in [7, 11) is 0. The Morgan fingerprint density at radius 3 is 2.52 bits per heavy atom. The van der Waals surface area contributed by atoms with Gasteiger partial charge in [-0.05, 0) is 60.2 Å². The summed E-state index contributed by atoms with van der Waals surface area (Å²) < 4.78 is 12.8. The first-order chi connectivity index (χ1) is 13.2. The Balaban J connectivity index is 1.73. The summed E-state index contributed by atoms with van der Waals surface area (Å²) in [6, 6.07) is 12.8. The van der Waals surface area contributed by atoms with Crippen molar-refractivity contribution >= 4 is 16.8 Å². The van der Waals surface area contributed by atoms with Crippen molar-refractivity contribution in [2.45, 2.75) is 38.8 Å². The van der Waals surface area contributed by atoms with Crippen LogP contribution < -0.4 is 0 Å². The van der Waals surface area contributed by atoms with E-state index in [2.05, 4.69) is 65.1 Å². The first-order valence-electron chi connectivity index (χ1n) is 9.42. The lowest BCUT2D eigenvalue weighted by molar-refractivity contribution is 0.335. The molecule has 0 N–H and O–H groups in total. The molecule has 2 aromatic carbocycles. The lowest BCUT2D eigenvalue weighted by Gasteiger charge is -2.05. The van der Waals surface area contributed by atoms with Crippen LogP contribution in [0.1, 0.15) is 37.6 Å². The zero-order chi connectivity index (χ0) is 19.1. The van der Waals surface area contributed by atoms with Gasteiger partial charge in [0.1, 0.15) is 5.82 Å². The first kappa shape index (κ1) is 19.0. The molecule has 3 rings (SSSR count). The van der Waals surface area contributed by atoms with Crippen molar-refractivity contribution < 1.29 is 4.39 Å². The van der Waals surface area contributed by atoms with Gasteiger partial charge in [0, 0.05) is 24.4 Å². The molecule has 1 atom stereocenters. The molecular weight excluding hydrogens is 335 g/mol. The zero-order valence-corrected chi connectivity index (χ0v) is 15.7. The third-order valence-corrected chi connectivity index (χ3v) is 4.51. The molecule has 0 aliphatic heterocycles. The Morgan fingerprint density at radius 2 is 1.78 bits per heavy atom. The van der Waals surface area contributed by atoms with E-state index in [-0.39, 0.29) is 0 Å². The first-order valence-corrected chi connectivity index (χ1v) is 9.42. The molecule has 0 aliphatic rings. The van der Waals surface area contributed by atoms with Gasteiger partial charge in [-0.2, -0.15) is 0 Å². The Morgan fingerprint density at radius 1 is 1.04 bits per heavy atom. The second kappa shape index (κ2) is 9.22. The lowest BCUT2D eigenvalue weighted by Crippen LogP contribution is -1.92. The Hall–Kier alpha value is -2.81. The van der Waals surface area contributed by atoms with E-state index in [9.17, 15) is 4.39 Å². The Kier molecular flexibility index (Phi) is 6.48. The minimum atomic E-state index is -0.711. The average Bonchev–Trinajstić information content (AvgIpc) is 2.68. The normalized spacial score (nSPS) is 12.5. The second-order valence-electron chi connectivity index (χ2n) is 6.82. The van der Waals surface area contributed by atoms with E-state index < -0.39 is 6.17 Å². The van der Waals surface area contributed by atoms with Gasteiger partial charge in [-0.1, -0.05) is 42.5 Å². The van der Waals surface area contributed by atoms with Crippen molar-refractivity contribution in [2.75, 3.05) is 0 Å². The summed E-state index contributed by atoms with van der Waals surface area (Å²) in [5.41, 5.74) is 3.28. The predicted molar refractivity (Wildman–Crippen MR) is 112 cm³/mol. The Labute approximate surface area is 160 Å². The number of halogens is 1. The quantitative estimate of drug-likeness (QED) is 0.335. The van der Waals surface area contributed by atoms with E-state index in [0.29, 0.717) is 12.8 Å². The molecule has 0 saturated heterocycles. The number of nitrogens with zero attached hydrogens (tertiary/aromatic N) is 2. The van der Waals surface area contributed by atoms with Gasteiger partial charge in [0.2, 0.25) is 0 Å². The smallest absolute Gasteiger partial charge is 0.131 e. The maximum atomic E-state index is 12.8. The number of rotatable bonds is 8. The van der Waals surface area contributed by atoms with Crippen LogP contribution in [-0.2, 0) is 6.42 Å². The molecule has 2 nitrogen and oxygen atoms in total. The highest BCUT2D eigenvalue weighted by Gasteiger charge is 2.02. The van der Waals surface area contributed by atoms with Crippen LogP contribution in [0.3, 0.4) is 0 Å². The van der Waals surface area contributed by atoms with Crippen LogP contribution >= 0.6 is 0 Å².